The zero-order chi connectivity index (χ0) is 23.6. The van der Waals surface area contributed by atoms with E-state index < -0.39 is 22.1 Å². The largest absolute Gasteiger partial charge is 0.337 e. The van der Waals surface area contributed by atoms with Crippen molar-refractivity contribution in [3.8, 4) is 0 Å². The zero-order valence-corrected chi connectivity index (χ0v) is 19.9. The van der Waals surface area contributed by atoms with Crippen LogP contribution in [0.3, 0.4) is 0 Å². The molecule has 3 N–H and O–H groups in total. The number of sulfonamides is 1. The molecule has 2 atom stereocenters. The van der Waals surface area contributed by atoms with Gasteiger partial charge in [-0.15, -0.1) is 0 Å². The van der Waals surface area contributed by atoms with Crippen LogP contribution in [-0.2, 0) is 19.6 Å². The third kappa shape index (κ3) is 4.95. The molecule has 8 nitrogen and oxygen atoms in total. The van der Waals surface area contributed by atoms with Crippen LogP contribution in [0.25, 0.3) is 10.8 Å². The van der Waals surface area contributed by atoms with Gasteiger partial charge in [0.15, 0.2) is 0 Å². The second-order valence-corrected chi connectivity index (χ2v) is 10.3. The highest BCUT2D eigenvalue weighted by Gasteiger charge is 2.40. The molecule has 2 unspecified atom stereocenters. The van der Waals surface area contributed by atoms with Crippen molar-refractivity contribution in [2.45, 2.75) is 57.1 Å². The Morgan fingerprint density at radius 2 is 1.84 bits per heavy atom. The molecule has 2 aromatic carbocycles. The van der Waals surface area contributed by atoms with E-state index in [1.54, 1.807) is 30.0 Å². The molecule has 9 heteroatoms. The number of nitrogens with two attached hydrogens (primary N) is 1. The fourth-order valence-electron chi connectivity index (χ4n) is 4.10. The predicted octanol–water partition coefficient (Wildman–Crippen LogP) is 1.61. The van der Waals surface area contributed by atoms with Gasteiger partial charge in [0.2, 0.25) is 21.8 Å². The Morgan fingerprint density at radius 1 is 1.19 bits per heavy atom. The fourth-order valence-corrected chi connectivity index (χ4v) is 5.36. The Kier molecular flexibility index (Phi) is 7.22. The van der Waals surface area contributed by atoms with E-state index in [0.29, 0.717) is 26.1 Å². The second kappa shape index (κ2) is 9.56. The fraction of sp³-hybridized carbons (Fsp3) is 0.478. The van der Waals surface area contributed by atoms with E-state index in [-0.39, 0.29) is 22.8 Å². The van der Waals surface area contributed by atoms with E-state index >= 15 is 0 Å². The van der Waals surface area contributed by atoms with E-state index in [0.717, 1.165) is 16.3 Å². The van der Waals surface area contributed by atoms with Gasteiger partial charge in [0.25, 0.3) is 0 Å². The quantitative estimate of drug-likeness (QED) is 0.621. The zero-order valence-electron chi connectivity index (χ0n) is 19.0. The van der Waals surface area contributed by atoms with Gasteiger partial charge < -0.3 is 15.5 Å². The second-order valence-electron chi connectivity index (χ2n) is 8.60. The lowest BCUT2D eigenvalue weighted by molar-refractivity contribution is -0.144. The molecule has 1 saturated heterocycles. The summed E-state index contributed by atoms with van der Waals surface area (Å²) in [4.78, 5) is 29.1. The van der Waals surface area contributed by atoms with Gasteiger partial charge in [0, 0.05) is 25.7 Å². The van der Waals surface area contributed by atoms with E-state index in [1.807, 2.05) is 39.0 Å². The highest BCUT2D eigenvalue weighted by molar-refractivity contribution is 7.89. The molecule has 0 aliphatic carbocycles. The first kappa shape index (κ1) is 24.2. The number of carbonyl (C=O) groups excluding carboxylic acids is 2. The minimum atomic E-state index is -3.90. The number of hydrogen-bond donors (Lipinski definition) is 2. The predicted molar refractivity (Wildman–Crippen MR) is 124 cm³/mol. The molecule has 2 amide bonds. The van der Waals surface area contributed by atoms with Crippen molar-refractivity contribution in [1.82, 2.24) is 14.5 Å². The molecule has 1 aliphatic rings. The molecule has 2 aromatic rings. The molecule has 1 heterocycles. The molecule has 32 heavy (non-hydrogen) atoms. The lowest BCUT2D eigenvalue weighted by Gasteiger charge is -2.32. The molecular weight excluding hydrogens is 428 g/mol. The SMILES string of the molecule is Cc1ccc2cc(S(=O)(=O)NC3CCN(C(C)C(=O)N(CCN)C(C)C)C3=O)ccc2c1. The summed E-state index contributed by atoms with van der Waals surface area (Å²) in [5.74, 6) is -0.575. The number of fused-ring (bicyclic) bond motifs is 1. The van der Waals surface area contributed by atoms with Gasteiger partial charge in [-0.2, -0.15) is 4.72 Å². The third-order valence-electron chi connectivity index (χ3n) is 5.92. The van der Waals surface area contributed by atoms with E-state index in [2.05, 4.69) is 4.72 Å². The van der Waals surface area contributed by atoms with Crippen LogP contribution >= 0.6 is 0 Å². The molecule has 3 rings (SSSR count). The smallest absolute Gasteiger partial charge is 0.245 e. The van der Waals surface area contributed by atoms with Crippen LogP contribution in [0.2, 0.25) is 0 Å². The summed E-state index contributed by atoms with van der Waals surface area (Å²) in [5.41, 5.74) is 6.72. The van der Waals surface area contributed by atoms with E-state index in [4.69, 9.17) is 5.73 Å². The highest BCUT2D eigenvalue weighted by Crippen LogP contribution is 2.23. The molecule has 1 aliphatic heterocycles. The summed E-state index contributed by atoms with van der Waals surface area (Å²) in [6, 6.07) is 9.07. The van der Waals surface area contributed by atoms with Crippen molar-refractivity contribution in [2.24, 2.45) is 5.73 Å². The number of likely N-dealkylation sites (tertiary alicyclic amines) is 1. The van der Waals surface area contributed by atoms with Gasteiger partial charge in [-0.25, -0.2) is 8.42 Å². The first-order valence-corrected chi connectivity index (χ1v) is 12.4. The van der Waals surface area contributed by atoms with Crippen molar-refractivity contribution in [3.05, 3.63) is 42.0 Å². The minimum Gasteiger partial charge on any atom is -0.337 e. The Balaban J connectivity index is 1.74. The lowest BCUT2D eigenvalue weighted by atomic mass is 10.1. The number of aryl methyl sites for hydroxylation is 1. The first-order valence-electron chi connectivity index (χ1n) is 10.9. The molecule has 0 radical (unpaired) electrons. The van der Waals surface area contributed by atoms with Gasteiger partial charge in [0.05, 0.1) is 4.90 Å². The van der Waals surface area contributed by atoms with Gasteiger partial charge >= 0.3 is 0 Å². The minimum absolute atomic E-state index is 0.0443. The number of rotatable bonds is 8. The average Bonchev–Trinajstić information content (AvgIpc) is 3.09. The summed E-state index contributed by atoms with van der Waals surface area (Å²) in [6.45, 7) is 8.49. The Bertz CT molecular complexity index is 1120. The van der Waals surface area contributed by atoms with Crippen LogP contribution in [0.1, 0.15) is 32.8 Å². The summed E-state index contributed by atoms with van der Waals surface area (Å²) < 4.78 is 28.5. The van der Waals surface area contributed by atoms with Gasteiger partial charge in [-0.3, -0.25) is 9.59 Å². The van der Waals surface area contributed by atoms with Crippen LogP contribution in [0, 0.1) is 6.92 Å². The summed E-state index contributed by atoms with van der Waals surface area (Å²) >= 11 is 0. The average molecular weight is 461 g/mol. The Hall–Kier alpha value is -2.49. The maximum Gasteiger partial charge on any atom is 0.245 e. The normalized spacial score (nSPS) is 17.9. The van der Waals surface area contributed by atoms with Crippen LogP contribution in [-0.4, -0.2) is 67.8 Å². The summed E-state index contributed by atoms with van der Waals surface area (Å²) in [5, 5.41) is 1.76. The lowest BCUT2D eigenvalue weighted by Crippen LogP contribution is -2.52. The summed E-state index contributed by atoms with van der Waals surface area (Å²) in [6.07, 6.45) is 0.307. The monoisotopic (exact) mass is 460 g/mol. The first-order chi connectivity index (χ1) is 15.0. The van der Waals surface area contributed by atoms with Crippen LogP contribution < -0.4 is 10.5 Å². The number of nitrogens with zero attached hydrogens (tertiary/aromatic N) is 2. The number of carbonyl (C=O) groups is 2. The molecule has 0 bridgehead atoms. The van der Waals surface area contributed by atoms with E-state index in [1.165, 1.54) is 4.90 Å². The maximum absolute atomic E-state index is 13.0. The Labute approximate surface area is 189 Å². The van der Waals surface area contributed by atoms with Crippen molar-refractivity contribution in [2.75, 3.05) is 19.6 Å². The van der Waals surface area contributed by atoms with Gasteiger partial charge in [-0.05, 0) is 57.0 Å². The number of amides is 2. The standard InChI is InChI=1S/C23H32N4O4S/c1-15(2)26(12-10-24)22(28)17(4)27-11-9-21(23(27)29)25-32(30,31)20-8-7-18-13-16(3)5-6-19(18)14-20/h5-8,13-15,17,21,25H,9-12,24H2,1-4H3. The van der Waals surface area contributed by atoms with Crippen molar-refractivity contribution >= 4 is 32.6 Å². The van der Waals surface area contributed by atoms with Crippen LogP contribution in [0.4, 0.5) is 0 Å². The topological polar surface area (TPSA) is 113 Å². The van der Waals surface area contributed by atoms with Crippen molar-refractivity contribution in [1.29, 1.82) is 0 Å². The molecule has 0 aromatic heterocycles. The summed E-state index contributed by atoms with van der Waals surface area (Å²) in [7, 11) is -3.90. The Morgan fingerprint density at radius 3 is 2.50 bits per heavy atom. The molecule has 1 fully saturated rings. The number of hydrogen-bond acceptors (Lipinski definition) is 5. The molecule has 174 valence electrons. The highest BCUT2D eigenvalue weighted by atomic mass is 32.2. The molecule has 0 spiro atoms. The number of benzene rings is 2. The van der Waals surface area contributed by atoms with Gasteiger partial charge in [-0.1, -0.05) is 29.8 Å². The molecule has 0 saturated carbocycles. The van der Waals surface area contributed by atoms with E-state index in [9.17, 15) is 18.0 Å². The molecular formula is C23H32N4O4S. The van der Waals surface area contributed by atoms with Crippen molar-refractivity contribution < 1.29 is 18.0 Å². The van der Waals surface area contributed by atoms with Crippen LogP contribution in [0.5, 0.6) is 0 Å². The maximum atomic E-state index is 13.0. The van der Waals surface area contributed by atoms with Gasteiger partial charge in [0.1, 0.15) is 12.1 Å². The third-order valence-corrected chi connectivity index (χ3v) is 7.39. The number of nitrogens with one attached hydrogen (secondary N) is 1. The van der Waals surface area contributed by atoms with Crippen LogP contribution in [0.15, 0.2) is 41.3 Å². The van der Waals surface area contributed by atoms with Crippen molar-refractivity contribution in [3.63, 3.8) is 0 Å².